The number of rotatable bonds is 17. The Balaban J connectivity index is 3.25. The first kappa shape index (κ1) is 31.2. The van der Waals surface area contributed by atoms with Crippen molar-refractivity contribution in [2.24, 2.45) is 5.73 Å². The summed E-state index contributed by atoms with van der Waals surface area (Å²) in [4.78, 5) is 62.1. The summed E-state index contributed by atoms with van der Waals surface area (Å²) < 4.78 is 31.0. The van der Waals surface area contributed by atoms with Crippen molar-refractivity contribution in [1.82, 2.24) is 15.6 Å². The lowest BCUT2D eigenvalue weighted by atomic mass is 10.0. The summed E-state index contributed by atoms with van der Waals surface area (Å²) in [6.07, 6.45) is 1.89. The molecule has 10 N–H and O–H groups in total. The highest BCUT2D eigenvalue weighted by atomic mass is 31.2. The van der Waals surface area contributed by atoms with Crippen LogP contribution in [0.25, 0.3) is 0 Å². The molecule has 200 valence electrons. The molecule has 1 rings (SSSR count). The van der Waals surface area contributed by atoms with Gasteiger partial charge in [0.15, 0.2) is 0 Å². The van der Waals surface area contributed by atoms with Crippen molar-refractivity contribution in [3.05, 3.63) is 23.0 Å². The quantitative estimate of drug-likeness (QED) is 0.0499. The van der Waals surface area contributed by atoms with E-state index in [1.165, 1.54) is 13.1 Å². The van der Waals surface area contributed by atoms with Crippen LogP contribution in [0.5, 0.6) is 5.75 Å². The second kappa shape index (κ2) is 14.1. The standard InChI is InChI=1S/C17H30N4O12P2/c1-10-15(23)14(11(6-20-10)8-32-34(26,27)28)16(19-5-3-2-4-12(18)7-22)21-13(17(24)25)9-33-35(29,30)31/h6-7,12-13,16,19,21,23H,2-5,8-9,18H2,1H3,(H,24,25)(H2,26,27,28)(H2,29,30,31)/t12-,13-,16+/m0/s1. The number of hydrogen-bond donors (Lipinski definition) is 9. The molecule has 0 unspecified atom stereocenters. The van der Waals surface area contributed by atoms with Gasteiger partial charge >= 0.3 is 21.6 Å². The number of nitrogens with two attached hydrogens (primary N) is 1. The maximum atomic E-state index is 11.7. The number of carboxylic acid groups (broad SMARTS) is 1. The number of nitrogens with one attached hydrogen (secondary N) is 2. The number of carbonyl (C=O) groups excluding carboxylic acids is 1. The van der Waals surface area contributed by atoms with Gasteiger partial charge in [-0.1, -0.05) is 6.42 Å². The number of aromatic hydroxyl groups is 1. The van der Waals surface area contributed by atoms with E-state index in [1.807, 2.05) is 0 Å². The van der Waals surface area contributed by atoms with Crippen LogP contribution < -0.4 is 16.4 Å². The lowest BCUT2D eigenvalue weighted by Crippen LogP contribution is -2.47. The molecule has 3 atom stereocenters. The van der Waals surface area contributed by atoms with Gasteiger partial charge in [0, 0.05) is 17.3 Å². The van der Waals surface area contributed by atoms with Gasteiger partial charge in [-0.25, -0.2) is 9.13 Å². The monoisotopic (exact) mass is 544 g/mol. The number of aldehydes is 1. The predicted molar refractivity (Wildman–Crippen MR) is 119 cm³/mol. The van der Waals surface area contributed by atoms with Gasteiger partial charge in [0.2, 0.25) is 0 Å². The topological polar surface area (TPSA) is 271 Å². The third kappa shape index (κ3) is 12.1. The van der Waals surface area contributed by atoms with E-state index in [0.29, 0.717) is 25.5 Å². The fourth-order valence-electron chi connectivity index (χ4n) is 2.87. The SMILES string of the molecule is Cc1ncc(COP(=O)(O)O)c([C@H](NCCCC[C@H](N)C=O)N[C@@H](COP(=O)(O)O)C(=O)O)c1O. The minimum absolute atomic E-state index is 0.00977. The third-order valence-corrected chi connectivity index (χ3v) is 5.55. The lowest BCUT2D eigenvalue weighted by Gasteiger charge is -2.27. The van der Waals surface area contributed by atoms with Crippen molar-refractivity contribution in [3.8, 4) is 5.75 Å². The van der Waals surface area contributed by atoms with Gasteiger partial charge in [0.1, 0.15) is 18.1 Å². The van der Waals surface area contributed by atoms with Gasteiger partial charge in [0.05, 0.1) is 31.1 Å². The zero-order chi connectivity index (χ0) is 26.8. The van der Waals surface area contributed by atoms with Crippen molar-refractivity contribution in [2.45, 2.75) is 51.0 Å². The Kier molecular flexibility index (Phi) is 12.5. The minimum atomic E-state index is -5.00. The molecule has 16 nitrogen and oxygen atoms in total. The molecule has 18 heteroatoms. The van der Waals surface area contributed by atoms with Crippen molar-refractivity contribution >= 4 is 27.9 Å². The number of carboxylic acids is 1. The molecule has 0 radical (unpaired) electrons. The molecule has 0 saturated heterocycles. The third-order valence-electron chi connectivity index (χ3n) is 4.60. The zero-order valence-electron chi connectivity index (χ0n) is 18.7. The fourth-order valence-corrected chi connectivity index (χ4v) is 3.52. The van der Waals surface area contributed by atoms with E-state index in [9.17, 15) is 28.9 Å². The van der Waals surface area contributed by atoms with E-state index in [2.05, 4.69) is 24.7 Å². The molecule has 0 aromatic carbocycles. The summed E-state index contributed by atoms with van der Waals surface area (Å²) in [5.41, 5.74) is 5.57. The molecule has 0 saturated carbocycles. The van der Waals surface area contributed by atoms with Crippen LogP contribution in [-0.4, -0.2) is 72.3 Å². The van der Waals surface area contributed by atoms with Crippen molar-refractivity contribution in [3.63, 3.8) is 0 Å². The second-order valence-corrected chi connectivity index (χ2v) is 9.90. The van der Waals surface area contributed by atoms with Gasteiger partial charge in [-0.2, -0.15) is 0 Å². The Morgan fingerprint density at radius 3 is 2.37 bits per heavy atom. The number of nitrogens with zero attached hydrogens (tertiary/aromatic N) is 1. The first-order chi connectivity index (χ1) is 16.1. The van der Waals surface area contributed by atoms with Crippen LogP contribution in [0.15, 0.2) is 6.20 Å². The van der Waals surface area contributed by atoms with Crippen LogP contribution in [-0.2, 0) is 34.4 Å². The Morgan fingerprint density at radius 1 is 1.20 bits per heavy atom. The number of unbranched alkanes of at least 4 members (excludes halogenated alkanes) is 1. The van der Waals surface area contributed by atoms with Gasteiger partial charge in [0.25, 0.3) is 0 Å². The maximum Gasteiger partial charge on any atom is 0.469 e. The summed E-state index contributed by atoms with van der Waals surface area (Å²) >= 11 is 0. The number of aliphatic carboxylic acids is 1. The van der Waals surface area contributed by atoms with E-state index in [-0.39, 0.29) is 23.4 Å². The number of aromatic nitrogens is 1. The number of hydrogen-bond acceptors (Lipinski definition) is 11. The summed E-state index contributed by atoms with van der Waals surface area (Å²) in [6, 6.07) is -2.33. The largest absolute Gasteiger partial charge is 0.506 e. The van der Waals surface area contributed by atoms with Gasteiger partial charge in [-0.3, -0.25) is 29.5 Å². The molecule has 35 heavy (non-hydrogen) atoms. The van der Waals surface area contributed by atoms with Gasteiger partial charge in [-0.15, -0.1) is 0 Å². The first-order valence-electron chi connectivity index (χ1n) is 10.1. The van der Waals surface area contributed by atoms with Crippen LogP contribution in [0.1, 0.15) is 42.2 Å². The number of carbonyl (C=O) groups is 2. The van der Waals surface area contributed by atoms with Crippen LogP contribution in [0.4, 0.5) is 0 Å². The fraction of sp³-hybridized carbons (Fsp3) is 0.588. The molecular formula is C17H30N4O12P2. The molecule has 1 heterocycles. The van der Waals surface area contributed by atoms with Crippen molar-refractivity contribution in [2.75, 3.05) is 13.2 Å². The number of phosphoric ester groups is 2. The smallest absolute Gasteiger partial charge is 0.469 e. The summed E-state index contributed by atoms with van der Waals surface area (Å²) in [7, 11) is -9.92. The molecule has 0 fully saturated rings. The van der Waals surface area contributed by atoms with Crippen LogP contribution >= 0.6 is 15.6 Å². The average Bonchev–Trinajstić information content (AvgIpc) is 2.74. The number of pyridine rings is 1. The maximum absolute atomic E-state index is 11.7. The van der Waals surface area contributed by atoms with Gasteiger partial charge < -0.3 is 40.3 Å². The molecule has 0 amide bonds. The van der Waals surface area contributed by atoms with Crippen LogP contribution in [0.2, 0.25) is 0 Å². The van der Waals surface area contributed by atoms with Crippen molar-refractivity contribution in [1.29, 1.82) is 0 Å². The highest BCUT2D eigenvalue weighted by Gasteiger charge is 2.30. The average molecular weight is 544 g/mol. The molecule has 0 bridgehead atoms. The molecule has 1 aromatic rings. The molecule has 0 spiro atoms. The van der Waals surface area contributed by atoms with E-state index in [1.54, 1.807) is 0 Å². The van der Waals surface area contributed by atoms with E-state index < -0.39 is 58.8 Å². The van der Waals surface area contributed by atoms with E-state index in [4.69, 9.17) is 25.3 Å². The molecule has 0 aliphatic heterocycles. The molecule has 0 aliphatic rings. The van der Waals surface area contributed by atoms with Crippen molar-refractivity contribution < 1.29 is 57.6 Å². The second-order valence-electron chi connectivity index (χ2n) is 7.42. The predicted octanol–water partition coefficient (Wildman–Crippen LogP) is -0.858. The zero-order valence-corrected chi connectivity index (χ0v) is 20.5. The van der Waals surface area contributed by atoms with Crippen LogP contribution in [0.3, 0.4) is 0 Å². The highest BCUT2D eigenvalue weighted by Crippen LogP contribution is 2.39. The Bertz CT molecular complexity index is 953. The van der Waals surface area contributed by atoms with E-state index >= 15 is 0 Å². The lowest BCUT2D eigenvalue weighted by molar-refractivity contribution is -0.140. The van der Waals surface area contributed by atoms with Crippen LogP contribution in [0, 0.1) is 6.92 Å². The van der Waals surface area contributed by atoms with Gasteiger partial charge in [-0.05, 0) is 26.3 Å². The summed E-state index contributed by atoms with van der Waals surface area (Å²) in [5, 5.41) is 25.6. The Labute approximate surface area is 200 Å². The number of phosphoric acid groups is 2. The highest BCUT2D eigenvalue weighted by molar-refractivity contribution is 7.46. The Morgan fingerprint density at radius 2 is 1.83 bits per heavy atom. The summed E-state index contributed by atoms with van der Waals surface area (Å²) in [6.45, 7) is -0.0409. The molecule has 0 aliphatic carbocycles. The number of aryl methyl sites for hydroxylation is 1. The first-order valence-corrected chi connectivity index (χ1v) is 13.2. The normalized spacial score (nSPS) is 14.9. The van der Waals surface area contributed by atoms with E-state index in [0.717, 1.165) is 0 Å². The molecular weight excluding hydrogens is 514 g/mol. The molecule has 1 aromatic heterocycles. The minimum Gasteiger partial charge on any atom is -0.506 e. The Hall–Kier alpha value is -1.81. The summed E-state index contributed by atoms with van der Waals surface area (Å²) in [5.74, 6) is -1.98.